The van der Waals surface area contributed by atoms with Gasteiger partial charge in [0.2, 0.25) is 0 Å². The van der Waals surface area contributed by atoms with Crippen molar-refractivity contribution in [1.82, 2.24) is 0 Å². The number of rotatable bonds is 3. The van der Waals surface area contributed by atoms with Crippen molar-refractivity contribution in [1.29, 1.82) is 0 Å². The Hall–Kier alpha value is -1.24. The van der Waals surface area contributed by atoms with Gasteiger partial charge in [-0.3, -0.25) is 0 Å². The zero-order valence-electron chi connectivity index (χ0n) is 10.9. The molecule has 16 heavy (non-hydrogen) atoms. The van der Waals surface area contributed by atoms with Crippen LogP contribution >= 0.6 is 0 Å². The molecule has 1 unspecified atom stereocenters. The van der Waals surface area contributed by atoms with Crippen molar-refractivity contribution < 1.29 is 4.74 Å². The zero-order chi connectivity index (χ0) is 12.2. The Morgan fingerprint density at radius 1 is 1.12 bits per heavy atom. The van der Waals surface area contributed by atoms with E-state index in [4.69, 9.17) is 4.74 Å². The molecule has 1 aromatic rings. The second-order valence-corrected chi connectivity index (χ2v) is 5.29. The fourth-order valence-corrected chi connectivity index (χ4v) is 1.45. The molecule has 88 valence electrons. The van der Waals surface area contributed by atoms with Crippen molar-refractivity contribution in [2.45, 2.75) is 33.6 Å². The van der Waals surface area contributed by atoms with Crippen molar-refractivity contribution >= 4 is 0 Å². The van der Waals surface area contributed by atoms with Crippen molar-refractivity contribution in [3.63, 3.8) is 0 Å². The van der Waals surface area contributed by atoms with E-state index in [1.54, 1.807) is 7.11 Å². The molecule has 0 radical (unpaired) electrons. The standard InChI is InChI=1S/C15H22O/c1-12(10-11-15(2,3)4)13-6-8-14(16-5)9-7-13/h6-12H,1-5H3/b11-10+. The summed E-state index contributed by atoms with van der Waals surface area (Å²) in [4.78, 5) is 0. The highest BCUT2D eigenvalue weighted by atomic mass is 16.5. The summed E-state index contributed by atoms with van der Waals surface area (Å²) in [7, 11) is 1.69. The first-order valence-electron chi connectivity index (χ1n) is 5.76. The lowest BCUT2D eigenvalue weighted by Gasteiger charge is -2.14. The number of benzene rings is 1. The lowest BCUT2D eigenvalue weighted by molar-refractivity contribution is 0.414. The van der Waals surface area contributed by atoms with Crippen LogP contribution in [0.4, 0.5) is 0 Å². The Labute approximate surface area is 99.1 Å². The minimum atomic E-state index is 0.251. The predicted molar refractivity (Wildman–Crippen MR) is 70.0 cm³/mol. The molecule has 1 aromatic carbocycles. The molecular weight excluding hydrogens is 196 g/mol. The van der Waals surface area contributed by atoms with Crippen LogP contribution in [0, 0.1) is 5.41 Å². The summed E-state index contributed by atoms with van der Waals surface area (Å²) in [6, 6.07) is 8.26. The first-order valence-corrected chi connectivity index (χ1v) is 5.76. The summed E-state index contributed by atoms with van der Waals surface area (Å²) < 4.78 is 5.15. The van der Waals surface area contributed by atoms with Crippen molar-refractivity contribution in [3.05, 3.63) is 42.0 Å². The van der Waals surface area contributed by atoms with Gasteiger partial charge in [-0.2, -0.15) is 0 Å². The van der Waals surface area contributed by atoms with Crippen molar-refractivity contribution in [2.75, 3.05) is 7.11 Å². The Morgan fingerprint density at radius 2 is 1.69 bits per heavy atom. The van der Waals surface area contributed by atoms with Crippen molar-refractivity contribution in [3.8, 4) is 5.75 Å². The highest BCUT2D eigenvalue weighted by Gasteiger charge is 2.06. The van der Waals surface area contributed by atoms with Gasteiger partial charge in [-0.05, 0) is 29.0 Å². The number of methoxy groups -OCH3 is 1. The Morgan fingerprint density at radius 3 is 2.12 bits per heavy atom. The molecule has 0 heterocycles. The van der Waals surface area contributed by atoms with E-state index in [1.165, 1.54) is 5.56 Å². The summed E-state index contributed by atoms with van der Waals surface area (Å²) in [5, 5.41) is 0. The molecule has 0 aromatic heterocycles. The normalized spacial score (nSPS) is 14.1. The minimum absolute atomic E-state index is 0.251. The quantitative estimate of drug-likeness (QED) is 0.683. The molecule has 0 saturated heterocycles. The predicted octanol–water partition coefficient (Wildman–Crippen LogP) is 4.40. The average molecular weight is 218 g/mol. The minimum Gasteiger partial charge on any atom is -0.497 e. The summed E-state index contributed by atoms with van der Waals surface area (Å²) in [5.41, 5.74) is 1.57. The highest BCUT2D eigenvalue weighted by Crippen LogP contribution is 2.23. The molecule has 1 atom stereocenters. The first-order chi connectivity index (χ1) is 7.42. The third kappa shape index (κ3) is 4.09. The fraction of sp³-hybridized carbons (Fsp3) is 0.467. The summed E-state index contributed by atoms with van der Waals surface area (Å²) in [6.45, 7) is 8.85. The van der Waals surface area contributed by atoms with Gasteiger partial charge in [-0.15, -0.1) is 0 Å². The fourth-order valence-electron chi connectivity index (χ4n) is 1.45. The van der Waals surface area contributed by atoms with E-state index in [-0.39, 0.29) is 5.41 Å². The zero-order valence-corrected chi connectivity index (χ0v) is 10.9. The van der Waals surface area contributed by atoms with E-state index in [0.29, 0.717) is 5.92 Å². The number of hydrogen-bond acceptors (Lipinski definition) is 1. The van der Waals surface area contributed by atoms with Crippen LogP contribution < -0.4 is 4.74 Å². The van der Waals surface area contributed by atoms with Gasteiger partial charge in [0, 0.05) is 0 Å². The molecule has 0 aliphatic carbocycles. The van der Waals surface area contributed by atoms with Gasteiger partial charge in [-0.1, -0.05) is 52.0 Å². The molecule has 1 heteroatoms. The molecule has 1 rings (SSSR count). The molecule has 0 fully saturated rings. The van der Waals surface area contributed by atoms with Crippen LogP contribution in [0.15, 0.2) is 36.4 Å². The third-order valence-electron chi connectivity index (χ3n) is 2.53. The largest absolute Gasteiger partial charge is 0.497 e. The van der Waals surface area contributed by atoms with E-state index in [2.05, 4.69) is 52.0 Å². The number of hydrogen-bond donors (Lipinski definition) is 0. The molecule has 0 bridgehead atoms. The van der Waals surface area contributed by atoms with Gasteiger partial charge in [0.15, 0.2) is 0 Å². The van der Waals surface area contributed by atoms with Gasteiger partial charge >= 0.3 is 0 Å². The third-order valence-corrected chi connectivity index (χ3v) is 2.53. The van der Waals surface area contributed by atoms with E-state index >= 15 is 0 Å². The van der Waals surface area contributed by atoms with Crippen LogP contribution in [0.25, 0.3) is 0 Å². The van der Waals surface area contributed by atoms with Crippen LogP contribution in [-0.2, 0) is 0 Å². The molecule has 0 aliphatic heterocycles. The Bertz CT molecular complexity index is 341. The van der Waals surface area contributed by atoms with Gasteiger partial charge in [0.1, 0.15) is 5.75 Å². The summed E-state index contributed by atoms with van der Waals surface area (Å²) in [5.74, 6) is 1.36. The maximum Gasteiger partial charge on any atom is 0.118 e. The van der Waals surface area contributed by atoms with Crippen LogP contribution in [0.1, 0.15) is 39.2 Å². The van der Waals surface area contributed by atoms with Crippen molar-refractivity contribution in [2.24, 2.45) is 5.41 Å². The van der Waals surface area contributed by atoms with Gasteiger partial charge < -0.3 is 4.74 Å². The Balaban J connectivity index is 2.73. The smallest absolute Gasteiger partial charge is 0.118 e. The molecule has 0 amide bonds. The maximum absolute atomic E-state index is 5.15. The second-order valence-electron chi connectivity index (χ2n) is 5.29. The average Bonchev–Trinajstić information content (AvgIpc) is 2.25. The SMILES string of the molecule is COc1ccc(C(C)/C=C/C(C)(C)C)cc1. The van der Waals surface area contributed by atoms with Crippen LogP contribution in [0.3, 0.4) is 0 Å². The molecule has 0 spiro atoms. The van der Waals surface area contributed by atoms with E-state index in [9.17, 15) is 0 Å². The molecule has 0 aliphatic rings. The van der Waals surface area contributed by atoms with Crippen LogP contribution in [0.2, 0.25) is 0 Å². The molecule has 1 nitrogen and oxygen atoms in total. The van der Waals surface area contributed by atoms with Crippen LogP contribution in [0.5, 0.6) is 5.75 Å². The van der Waals surface area contributed by atoms with E-state index in [0.717, 1.165) is 5.75 Å². The molecular formula is C15H22O. The topological polar surface area (TPSA) is 9.23 Å². The highest BCUT2D eigenvalue weighted by molar-refractivity contribution is 5.31. The van der Waals surface area contributed by atoms with Gasteiger partial charge in [0.25, 0.3) is 0 Å². The monoisotopic (exact) mass is 218 g/mol. The number of ether oxygens (including phenoxy) is 1. The Kier molecular flexibility index (Phi) is 4.17. The lowest BCUT2D eigenvalue weighted by Crippen LogP contribution is -2.00. The van der Waals surface area contributed by atoms with Crippen LogP contribution in [-0.4, -0.2) is 7.11 Å². The summed E-state index contributed by atoms with van der Waals surface area (Å²) >= 11 is 0. The number of allylic oxidation sites excluding steroid dienone is 2. The lowest BCUT2D eigenvalue weighted by atomic mass is 9.92. The molecule has 0 saturated carbocycles. The van der Waals surface area contributed by atoms with Gasteiger partial charge in [0.05, 0.1) is 7.11 Å². The van der Waals surface area contributed by atoms with E-state index in [1.807, 2.05) is 12.1 Å². The van der Waals surface area contributed by atoms with E-state index < -0.39 is 0 Å². The second kappa shape index (κ2) is 5.20. The first kappa shape index (κ1) is 12.8. The maximum atomic E-state index is 5.15. The van der Waals surface area contributed by atoms with Gasteiger partial charge in [-0.25, -0.2) is 0 Å². The summed E-state index contributed by atoms with van der Waals surface area (Å²) in [6.07, 6.45) is 4.53. The molecule has 0 N–H and O–H groups in total.